The number of amides is 1. The number of guanidine groups is 1. The molecule has 1 amide bonds. The summed E-state index contributed by atoms with van der Waals surface area (Å²) in [5.41, 5.74) is -0.187. The molecule has 0 spiro atoms. The van der Waals surface area contributed by atoms with Crippen molar-refractivity contribution >= 4 is 12.1 Å². The molecule has 1 atom stereocenters. The maximum atomic E-state index is 12.8. The second kappa shape index (κ2) is 9.48. The average Bonchev–Trinajstić information content (AvgIpc) is 3.45. The Morgan fingerprint density at radius 3 is 2.67 bits per heavy atom. The summed E-state index contributed by atoms with van der Waals surface area (Å²) in [6.45, 7) is 2.69. The third kappa shape index (κ3) is 6.99. The summed E-state index contributed by atoms with van der Waals surface area (Å²) >= 11 is 0. The predicted molar refractivity (Wildman–Crippen MR) is 96.3 cm³/mol. The first kappa shape index (κ1) is 20.9. The quantitative estimate of drug-likeness (QED) is 0.498. The van der Waals surface area contributed by atoms with Crippen molar-refractivity contribution in [2.24, 2.45) is 10.9 Å². The molecule has 1 fully saturated rings. The number of carbonyl (C=O) groups is 1. The number of halogens is 3. The first-order chi connectivity index (χ1) is 12.8. The Labute approximate surface area is 156 Å². The summed E-state index contributed by atoms with van der Waals surface area (Å²) < 4.78 is 43.3. The molecule has 6 nitrogen and oxygen atoms in total. The highest BCUT2D eigenvalue weighted by Gasteiger charge is 2.33. The van der Waals surface area contributed by atoms with Gasteiger partial charge in [-0.05, 0) is 43.4 Å². The number of benzene rings is 1. The van der Waals surface area contributed by atoms with Gasteiger partial charge in [0.15, 0.2) is 5.96 Å². The Bertz CT molecular complexity index is 660. The molecule has 150 valence electrons. The molecule has 0 heterocycles. The van der Waals surface area contributed by atoms with E-state index in [4.69, 9.17) is 4.74 Å². The summed E-state index contributed by atoms with van der Waals surface area (Å²) in [7, 11) is 1.58. The number of alkyl carbamates (subject to hydrolysis) is 1. The Morgan fingerprint density at radius 1 is 1.33 bits per heavy atom. The van der Waals surface area contributed by atoms with E-state index in [1.54, 1.807) is 20.0 Å². The SMILES string of the molecule is CCOC(=O)NC(CNC(=NC)NCc1cccc(C(F)(F)F)c1)C1CC1. The predicted octanol–water partition coefficient (Wildman–Crippen LogP) is 2.90. The second-order valence-corrected chi connectivity index (χ2v) is 6.31. The number of rotatable bonds is 7. The van der Waals surface area contributed by atoms with Crippen molar-refractivity contribution in [2.75, 3.05) is 20.2 Å². The summed E-state index contributed by atoms with van der Waals surface area (Å²) in [5.74, 6) is 0.840. The molecule has 1 aliphatic carbocycles. The fourth-order valence-electron chi connectivity index (χ4n) is 2.63. The van der Waals surface area contributed by atoms with Crippen molar-refractivity contribution in [1.29, 1.82) is 0 Å². The standard InChI is InChI=1S/C18H25F3N4O2/c1-3-27-17(26)25-15(13-7-8-13)11-24-16(22-2)23-10-12-5-4-6-14(9-12)18(19,20)21/h4-6,9,13,15H,3,7-8,10-11H2,1-2H3,(H,25,26)(H2,22,23,24). The highest BCUT2D eigenvalue weighted by molar-refractivity contribution is 5.79. The molecule has 1 unspecified atom stereocenters. The normalized spacial score (nSPS) is 15.8. The van der Waals surface area contributed by atoms with Gasteiger partial charge in [0, 0.05) is 20.1 Å². The van der Waals surface area contributed by atoms with Crippen LogP contribution >= 0.6 is 0 Å². The highest BCUT2D eigenvalue weighted by Crippen LogP contribution is 2.32. The molecule has 0 aliphatic heterocycles. The van der Waals surface area contributed by atoms with Crippen molar-refractivity contribution in [1.82, 2.24) is 16.0 Å². The smallest absolute Gasteiger partial charge is 0.416 e. The van der Waals surface area contributed by atoms with E-state index >= 15 is 0 Å². The van der Waals surface area contributed by atoms with Gasteiger partial charge in [0.1, 0.15) is 0 Å². The lowest BCUT2D eigenvalue weighted by Gasteiger charge is -2.20. The molecule has 0 saturated heterocycles. The number of alkyl halides is 3. The number of aliphatic imine (C=N–C) groups is 1. The van der Waals surface area contributed by atoms with Crippen LogP contribution in [0.3, 0.4) is 0 Å². The molecule has 1 aromatic rings. The number of nitrogens with one attached hydrogen (secondary N) is 3. The zero-order valence-electron chi connectivity index (χ0n) is 15.4. The number of ether oxygens (including phenoxy) is 1. The molecule has 27 heavy (non-hydrogen) atoms. The average molecular weight is 386 g/mol. The van der Waals surface area contributed by atoms with Crippen molar-refractivity contribution in [3.05, 3.63) is 35.4 Å². The zero-order chi connectivity index (χ0) is 19.9. The lowest BCUT2D eigenvalue weighted by atomic mass is 10.1. The molecular formula is C18H25F3N4O2. The van der Waals surface area contributed by atoms with E-state index in [9.17, 15) is 18.0 Å². The fourth-order valence-corrected chi connectivity index (χ4v) is 2.63. The van der Waals surface area contributed by atoms with E-state index < -0.39 is 17.8 Å². The molecule has 1 saturated carbocycles. The Kier molecular flexibility index (Phi) is 7.32. The number of hydrogen-bond acceptors (Lipinski definition) is 3. The molecule has 2 rings (SSSR count). The molecule has 0 radical (unpaired) electrons. The molecule has 0 aromatic heterocycles. The largest absolute Gasteiger partial charge is 0.450 e. The monoisotopic (exact) mass is 386 g/mol. The van der Waals surface area contributed by atoms with E-state index in [2.05, 4.69) is 20.9 Å². The molecular weight excluding hydrogens is 361 g/mol. The highest BCUT2D eigenvalue weighted by atomic mass is 19.4. The lowest BCUT2D eigenvalue weighted by molar-refractivity contribution is -0.137. The van der Waals surface area contributed by atoms with E-state index in [1.165, 1.54) is 6.07 Å². The van der Waals surface area contributed by atoms with Crippen LogP contribution in [0, 0.1) is 5.92 Å². The fraction of sp³-hybridized carbons (Fsp3) is 0.556. The molecule has 1 aliphatic rings. The summed E-state index contributed by atoms with van der Waals surface area (Å²) in [4.78, 5) is 15.7. The van der Waals surface area contributed by atoms with Gasteiger partial charge in [-0.1, -0.05) is 12.1 Å². The van der Waals surface area contributed by atoms with Gasteiger partial charge >= 0.3 is 12.3 Å². The first-order valence-electron chi connectivity index (χ1n) is 8.87. The van der Waals surface area contributed by atoms with Gasteiger partial charge in [-0.15, -0.1) is 0 Å². The lowest BCUT2D eigenvalue weighted by Crippen LogP contribution is -2.48. The van der Waals surface area contributed by atoms with Crippen molar-refractivity contribution in [3.63, 3.8) is 0 Å². The van der Waals surface area contributed by atoms with E-state index in [0.717, 1.165) is 25.0 Å². The summed E-state index contributed by atoms with van der Waals surface area (Å²) in [6.07, 6.45) is -2.75. The molecule has 9 heteroatoms. The van der Waals surface area contributed by atoms with Crippen LogP contribution in [0.1, 0.15) is 30.9 Å². The van der Waals surface area contributed by atoms with Crippen LogP contribution in [0.5, 0.6) is 0 Å². The van der Waals surface area contributed by atoms with Crippen LogP contribution < -0.4 is 16.0 Å². The van der Waals surface area contributed by atoms with Gasteiger partial charge in [-0.2, -0.15) is 13.2 Å². The van der Waals surface area contributed by atoms with Crippen LogP contribution in [0.15, 0.2) is 29.3 Å². The third-order valence-electron chi connectivity index (χ3n) is 4.20. The van der Waals surface area contributed by atoms with Crippen molar-refractivity contribution < 1.29 is 22.7 Å². The van der Waals surface area contributed by atoms with Gasteiger partial charge in [0.25, 0.3) is 0 Å². The van der Waals surface area contributed by atoms with Crippen LogP contribution in [0.25, 0.3) is 0 Å². The minimum Gasteiger partial charge on any atom is -0.450 e. The Balaban J connectivity index is 1.85. The minimum atomic E-state index is -4.37. The van der Waals surface area contributed by atoms with Crippen LogP contribution in [-0.4, -0.2) is 38.3 Å². The van der Waals surface area contributed by atoms with Crippen molar-refractivity contribution in [2.45, 2.75) is 38.5 Å². The van der Waals surface area contributed by atoms with Gasteiger partial charge in [0.2, 0.25) is 0 Å². The van der Waals surface area contributed by atoms with Crippen LogP contribution in [0.2, 0.25) is 0 Å². The van der Waals surface area contributed by atoms with Gasteiger partial charge in [-0.3, -0.25) is 4.99 Å². The van der Waals surface area contributed by atoms with E-state index in [0.29, 0.717) is 30.6 Å². The molecule has 3 N–H and O–H groups in total. The summed E-state index contributed by atoms with van der Waals surface area (Å²) in [5, 5.41) is 8.91. The molecule has 1 aromatic carbocycles. The van der Waals surface area contributed by atoms with Gasteiger partial charge < -0.3 is 20.7 Å². The topological polar surface area (TPSA) is 74.8 Å². The van der Waals surface area contributed by atoms with Crippen LogP contribution in [0.4, 0.5) is 18.0 Å². The van der Waals surface area contributed by atoms with E-state index in [-0.39, 0.29) is 12.6 Å². The first-order valence-corrected chi connectivity index (χ1v) is 8.87. The molecule has 0 bridgehead atoms. The number of carbonyl (C=O) groups excluding carboxylic acids is 1. The minimum absolute atomic E-state index is 0.0869. The van der Waals surface area contributed by atoms with Gasteiger partial charge in [-0.25, -0.2) is 4.79 Å². The third-order valence-corrected chi connectivity index (χ3v) is 4.20. The number of hydrogen-bond donors (Lipinski definition) is 3. The zero-order valence-corrected chi connectivity index (χ0v) is 15.4. The second-order valence-electron chi connectivity index (χ2n) is 6.31. The maximum absolute atomic E-state index is 12.8. The maximum Gasteiger partial charge on any atom is 0.416 e. The number of nitrogens with zero attached hydrogens (tertiary/aromatic N) is 1. The van der Waals surface area contributed by atoms with E-state index in [1.807, 2.05) is 0 Å². The van der Waals surface area contributed by atoms with Crippen molar-refractivity contribution in [3.8, 4) is 0 Å². The Hall–Kier alpha value is -2.45. The summed E-state index contributed by atoms with van der Waals surface area (Å²) in [6, 6.07) is 5.05. The van der Waals surface area contributed by atoms with Crippen LogP contribution in [-0.2, 0) is 17.5 Å². The Morgan fingerprint density at radius 2 is 2.07 bits per heavy atom. The van der Waals surface area contributed by atoms with Gasteiger partial charge in [0.05, 0.1) is 18.2 Å².